The summed E-state index contributed by atoms with van der Waals surface area (Å²) in [6.07, 6.45) is 4.99. The summed E-state index contributed by atoms with van der Waals surface area (Å²) in [5, 5.41) is 2.95. The van der Waals surface area contributed by atoms with Crippen molar-refractivity contribution in [3.05, 3.63) is 24.3 Å². The summed E-state index contributed by atoms with van der Waals surface area (Å²) in [6, 6.07) is 7.46. The molecule has 1 unspecified atom stereocenters. The first-order chi connectivity index (χ1) is 12.6. The summed E-state index contributed by atoms with van der Waals surface area (Å²) in [5.74, 6) is 2.00. The third kappa shape index (κ3) is 5.20. The van der Waals surface area contributed by atoms with Crippen LogP contribution in [-0.2, 0) is 15.5 Å². The zero-order valence-corrected chi connectivity index (χ0v) is 16.1. The molecule has 1 N–H and O–H groups in total. The zero-order chi connectivity index (χ0) is 18.4. The lowest BCUT2D eigenvalue weighted by atomic mass is 10.1. The van der Waals surface area contributed by atoms with Gasteiger partial charge in [-0.3, -0.25) is 4.21 Å². The summed E-state index contributed by atoms with van der Waals surface area (Å²) in [4.78, 5) is 14.3. The van der Waals surface area contributed by atoms with Gasteiger partial charge in [-0.05, 0) is 44.2 Å². The Labute approximate surface area is 157 Å². The van der Waals surface area contributed by atoms with Crippen LogP contribution in [0.3, 0.4) is 0 Å². The second-order valence-electron chi connectivity index (χ2n) is 6.92. The van der Waals surface area contributed by atoms with Crippen molar-refractivity contribution in [2.45, 2.75) is 44.2 Å². The quantitative estimate of drug-likeness (QED) is 0.853. The number of carbonyl (C=O) groups is 1. The zero-order valence-electron chi connectivity index (χ0n) is 15.3. The average molecular weight is 381 g/mol. The largest absolute Gasteiger partial charge is 0.489 e. The SMILES string of the molecule is CN(C(=O)Nc1ccccc1OCC1CCCCO1)C1CCS(=O)CC1. The number of hydrogen-bond acceptors (Lipinski definition) is 4. The second kappa shape index (κ2) is 9.37. The number of carbonyl (C=O) groups excluding carboxylic acids is 1. The molecule has 0 saturated carbocycles. The Hall–Kier alpha value is -1.60. The average Bonchev–Trinajstić information content (AvgIpc) is 2.68. The van der Waals surface area contributed by atoms with Gasteiger partial charge in [-0.25, -0.2) is 4.79 Å². The van der Waals surface area contributed by atoms with Gasteiger partial charge in [0.2, 0.25) is 0 Å². The number of nitrogens with one attached hydrogen (secondary N) is 1. The van der Waals surface area contributed by atoms with E-state index in [1.807, 2.05) is 24.3 Å². The number of anilines is 1. The van der Waals surface area contributed by atoms with Crippen molar-refractivity contribution in [2.75, 3.05) is 37.1 Å². The maximum absolute atomic E-state index is 12.6. The topological polar surface area (TPSA) is 67.9 Å². The van der Waals surface area contributed by atoms with Crippen molar-refractivity contribution in [3.8, 4) is 5.75 Å². The van der Waals surface area contributed by atoms with Crippen LogP contribution in [0.2, 0.25) is 0 Å². The standard InChI is InChI=1S/C19H28N2O4S/c1-21(15-9-12-26(23)13-10-15)19(22)20-17-7-2-3-8-18(17)25-14-16-6-4-5-11-24-16/h2-3,7-8,15-16H,4-6,9-14H2,1H3,(H,20,22). The number of para-hydroxylation sites is 2. The number of urea groups is 1. The first-order valence-electron chi connectivity index (χ1n) is 9.35. The van der Waals surface area contributed by atoms with Crippen molar-refractivity contribution in [3.63, 3.8) is 0 Å². The van der Waals surface area contributed by atoms with E-state index in [1.54, 1.807) is 11.9 Å². The van der Waals surface area contributed by atoms with E-state index in [0.717, 1.165) is 32.3 Å². The van der Waals surface area contributed by atoms with Gasteiger partial charge in [-0.15, -0.1) is 0 Å². The van der Waals surface area contributed by atoms with Gasteiger partial charge in [0.1, 0.15) is 12.4 Å². The van der Waals surface area contributed by atoms with Crippen molar-refractivity contribution in [1.29, 1.82) is 0 Å². The Bertz CT molecular complexity index is 624. The van der Waals surface area contributed by atoms with Gasteiger partial charge < -0.3 is 19.7 Å². The fraction of sp³-hybridized carbons (Fsp3) is 0.632. The first kappa shape index (κ1) is 19.2. The van der Waals surface area contributed by atoms with Gasteiger partial charge in [-0.1, -0.05) is 12.1 Å². The summed E-state index contributed by atoms with van der Waals surface area (Å²) in [6.45, 7) is 1.29. The predicted octanol–water partition coefficient (Wildman–Crippen LogP) is 3.01. The van der Waals surface area contributed by atoms with Crippen LogP contribution in [0.25, 0.3) is 0 Å². The van der Waals surface area contributed by atoms with Gasteiger partial charge in [0.05, 0.1) is 11.8 Å². The van der Waals surface area contributed by atoms with Gasteiger partial charge in [0.25, 0.3) is 0 Å². The van der Waals surface area contributed by atoms with Gasteiger partial charge in [0, 0.05) is 42.0 Å². The summed E-state index contributed by atoms with van der Waals surface area (Å²) in [5.41, 5.74) is 0.666. The van der Waals surface area contributed by atoms with E-state index in [9.17, 15) is 9.00 Å². The van der Waals surface area contributed by atoms with Crippen molar-refractivity contribution < 1.29 is 18.5 Å². The van der Waals surface area contributed by atoms with Crippen LogP contribution >= 0.6 is 0 Å². The number of amides is 2. The molecular formula is C19H28N2O4S. The molecule has 0 aromatic heterocycles. The predicted molar refractivity (Wildman–Crippen MR) is 103 cm³/mol. The number of nitrogens with zero attached hydrogens (tertiary/aromatic N) is 1. The van der Waals surface area contributed by atoms with Crippen LogP contribution in [0.4, 0.5) is 10.5 Å². The van der Waals surface area contributed by atoms with E-state index in [0.29, 0.717) is 29.5 Å². The normalized spacial score (nSPS) is 26.1. The fourth-order valence-electron chi connectivity index (χ4n) is 3.36. The Morgan fingerprint density at radius 1 is 1.27 bits per heavy atom. The molecule has 1 aromatic carbocycles. The van der Waals surface area contributed by atoms with Gasteiger partial charge >= 0.3 is 6.03 Å². The molecule has 6 nitrogen and oxygen atoms in total. The van der Waals surface area contributed by atoms with E-state index in [1.165, 1.54) is 6.42 Å². The Balaban J connectivity index is 1.56. The lowest BCUT2D eigenvalue weighted by Crippen LogP contribution is -2.43. The molecule has 0 bridgehead atoms. The Morgan fingerprint density at radius 3 is 2.77 bits per heavy atom. The lowest BCUT2D eigenvalue weighted by Gasteiger charge is -2.31. The molecule has 26 heavy (non-hydrogen) atoms. The molecule has 2 amide bonds. The minimum atomic E-state index is -0.728. The van der Waals surface area contributed by atoms with E-state index < -0.39 is 10.8 Å². The highest BCUT2D eigenvalue weighted by Crippen LogP contribution is 2.26. The molecule has 2 saturated heterocycles. The van der Waals surface area contributed by atoms with Crippen LogP contribution in [-0.4, -0.2) is 59.1 Å². The van der Waals surface area contributed by atoms with Crippen LogP contribution < -0.4 is 10.1 Å². The first-order valence-corrected chi connectivity index (χ1v) is 10.8. The third-order valence-corrected chi connectivity index (χ3v) is 6.44. The minimum Gasteiger partial charge on any atom is -0.489 e. The summed E-state index contributed by atoms with van der Waals surface area (Å²) < 4.78 is 23.1. The van der Waals surface area contributed by atoms with Crippen LogP contribution in [0.15, 0.2) is 24.3 Å². The van der Waals surface area contributed by atoms with E-state index in [2.05, 4.69) is 5.32 Å². The molecule has 2 aliphatic rings. The molecule has 2 aliphatic heterocycles. The fourth-order valence-corrected chi connectivity index (χ4v) is 4.63. The highest BCUT2D eigenvalue weighted by Gasteiger charge is 2.25. The monoisotopic (exact) mass is 380 g/mol. The number of benzene rings is 1. The van der Waals surface area contributed by atoms with Crippen molar-refractivity contribution in [2.24, 2.45) is 0 Å². The summed E-state index contributed by atoms with van der Waals surface area (Å²) in [7, 11) is 1.07. The highest BCUT2D eigenvalue weighted by atomic mass is 32.2. The number of ether oxygens (including phenoxy) is 2. The van der Waals surface area contributed by atoms with Crippen molar-refractivity contribution >= 4 is 22.5 Å². The molecule has 7 heteroatoms. The molecule has 1 aromatic rings. The van der Waals surface area contributed by atoms with E-state index in [4.69, 9.17) is 9.47 Å². The maximum Gasteiger partial charge on any atom is 0.321 e. The Kier molecular flexibility index (Phi) is 6.91. The number of rotatable bonds is 5. The van der Waals surface area contributed by atoms with Crippen LogP contribution in [0, 0.1) is 0 Å². The lowest BCUT2D eigenvalue weighted by molar-refractivity contribution is -0.0109. The summed E-state index contributed by atoms with van der Waals surface area (Å²) >= 11 is 0. The molecule has 3 rings (SSSR count). The molecule has 1 atom stereocenters. The Morgan fingerprint density at radius 2 is 2.04 bits per heavy atom. The highest BCUT2D eigenvalue weighted by molar-refractivity contribution is 7.85. The van der Waals surface area contributed by atoms with Crippen LogP contribution in [0.1, 0.15) is 32.1 Å². The smallest absolute Gasteiger partial charge is 0.321 e. The molecule has 0 radical (unpaired) electrons. The number of hydrogen-bond donors (Lipinski definition) is 1. The molecule has 2 fully saturated rings. The van der Waals surface area contributed by atoms with Crippen LogP contribution in [0.5, 0.6) is 5.75 Å². The maximum atomic E-state index is 12.6. The molecule has 0 spiro atoms. The van der Waals surface area contributed by atoms with Crippen molar-refractivity contribution in [1.82, 2.24) is 4.90 Å². The minimum absolute atomic E-state index is 0.123. The molecular weight excluding hydrogens is 352 g/mol. The van der Waals surface area contributed by atoms with E-state index >= 15 is 0 Å². The third-order valence-electron chi connectivity index (χ3n) is 5.05. The molecule has 0 aliphatic carbocycles. The van der Waals surface area contributed by atoms with Gasteiger partial charge in [-0.2, -0.15) is 0 Å². The van der Waals surface area contributed by atoms with E-state index in [-0.39, 0.29) is 18.2 Å². The molecule has 2 heterocycles. The second-order valence-corrected chi connectivity index (χ2v) is 8.61. The molecule has 144 valence electrons. The van der Waals surface area contributed by atoms with Gasteiger partial charge in [0.15, 0.2) is 0 Å².